The van der Waals surface area contributed by atoms with Crippen molar-refractivity contribution in [2.75, 3.05) is 20.3 Å². The average molecular weight is 390 g/mol. The number of ketones is 1. The summed E-state index contributed by atoms with van der Waals surface area (Å²) in [7, 11) is 1.58. The quantitative estimate of drug-likeness (QED) is 0.483. The molecule has 1 aromatic heterocycles. The number of carbonyl (C=O) groups excluding carboxylic acids is 1. The number of para-hydroxylation sites is 1. The van der Waals surface area contributed by atoms with Crippen LogP contribution in [-0.2, 0) is 0 Å². The number of aromatic nitrogens is 2. The third-order valence-corrected chi connectivity index (χ3v) is 4.82. The topological polar surface area (TPSA) is 62.6 Å². The maximum absolute atomic E-state index is 12.9. The van der Waals surface area contributed by atoms with Gasteiger partial charge in [0.25, 0.3) is 0 Å². The highest BCUT2D eigenvalue weighted by atomic mass is 16.6. The highest BCUT2D eigenvalue weighted by Crippen LogP contribution is 2.40. The molecule has 0 atom stereocenters. The minimum absolute atomic E-state index is 0.101. The van der Waals surface area contributed by atoms with Crippen molar-refractivity contribution >= 4 is 11.9 Å². The fourth-order valence-electron chi connectivity index (χ4n) is 3.46. The second kappa shape index (κ2) is 7.83. The second-order valence-corrected chi connectivity index (χ2v) is 6.74. The van der Waals surface area contributed by atoms with Gasteiger partial charge < -0.3 is 14.2 Å². The van der Waals surface area contributed by atoms with Crippen molar-refractivity contribution < 1.29 is 19.0 Å². The van der Waals surface area contributed by atoms with Crippen LogP contribution in [0, 0.1) is 13.8 Å². The maximum atomic E-state index is 12.9. The first kappa shape index (κ1) is 18.8. The number of methoxy groups -OCH3 is 1. The Labute approximate surface area is 169 Å². The average Bonchev–Trinajstić information content (AvgIpc) is 3.06. The molecule has 148 valence electrons. The number of benzene rings is 2. The number of hydrogen-bond acceptors (Lipinski definition) is 5. The number of fused-ring (bicyclic) bond motifs is 1. The molecule has 3 aromatic rings. The summed E-state index contributed by atoms with van der Waals surface area (Å²) in [5, 5.41) is 4.55. The molecule has 0 saturated heterocycles. The number of aryl methyl sites for hydroxylation is 1. The molecule has 0 amide bonds. The maximum Gasteiger partial charge on any atom is 0.203 e. The standard InChI is InChI=1S/C23H22N2O4/c1-15-22(16(2)25(24-15)18-7-5-4-6-8-18)19(26)10-9-17-13-20(27-3)23-21(14-17)28-11-12-29-23/h4-10,13-14H,11-12H2,1-3H3. The van der Waals surface area contributed by atoms with Gasteiger partial charge in [0, 0.05) is 0 Å². The molecule has 0 N–H and O–H groups in total. The van der Waals surface area contributed by atoms with E-state index < -0.39 is 0 Å². The first-order valence-corrected chi connectivity index (χ1v) is 9.40. The first-order chi connectivity index (χ1) is 14.1. The molecule has 0 radical (unpaired) electrons. The Kier molecular flexibility index (Phi) is 5.08. The SMILES string of the molecule is COc1cc(C=CC(=O)c2c(C)nn(-c3ccccc3)c2C)cc2c1OCCO2. The van der Waals surface area contributed by atoms with Gasteiger partial charge >= 0.3 is 0 Å². The van der Waals surface area contributed by atoms with E-state index in [-0.39, 0.29) is 5.78 Å². The Morgan fingerprint density at radius 1 is 1.14 bits per heavy atom. The number of ether oxygens (including phenoxy) is 3. The number of allylic oxidation sites excluding steroid dienone is 1. The van der Waals surface area contributed by atoms with E-state index in [4.69, 9.17) is 14.2 Å². The zero-order chi connectivity index (χ0) is 20.4. The van der Waals surface area contributed by atoms with Crippen LogP contribution in [0.15, 0.2) is 48.5 Å². The van der Waals surface area contributed by atoms with Gasteiger partial charge in [0.2, 0.25) is 5.75 Å². The lowest BCUT2D eigenvalue weighted by Crippen LogP contribution is -2.16. The number of hydrogen-bond donors (Lipinski definition) is 0. The van der Waals surface area contributed by atoms with Crippen molar-refractivity contribution in [2.24, 2.45) is 0 Å². The molecule has 0 aliphatic carbocycles. The summed E-state index contributed by atoms with van der Waals surface area (Å²) in [6, 6.07) is 13.4. The van der Waals surface area contributed by atoms with Gasteiger partial charge in [-0.05, 0) is 49.8 Å². The highest BCUT2D eigenvalue weighted by Gasteiger charge is 2.19. The van der Waals surface area contributed by atoms with Crippen LogP contribution in [0.25, 0.3) is 11.8 Å². The fourth-order valence-corrected chi connectivity index (χ4v) is 3.46. The summed E-state index contributed by atoms with van der Waals surface area (Å²) in [6.07, 6.45) is 3.30. The molecule has 1 aliphatic rings. The molecule has 0 bridgehead atoms. The van der Waals surface area contributed by atoms with Gasteiger partial charge in [0.1, 0.15) is 13.2 Å². The zero-order valence-corrected chi connectivity index (χ0v) is 16.6. The second-order valence-electron chi connectivity index (χ2n) is 6.74. The molecular weight excluding hydrogens is 368 g/mol. The van der Waals surface area contributed by atoms with Crippen molar-refractivity contribution in [3.8, 4) is 22.9 Å². The van der Waals surface area contributed by atoms with Crippen molar-refractivity contribution in [2.45, 2.75) is 13.8 Å². The van der Waals surface area contributed by atoms with Gasteiger partial charge in [-0.2, -0.15) is 5.10 Å². The summed E-state index contributed by atoms with van der Waals surface area (Å²) in [5.74, 6) is 1.69. The smallest absolute Gasteiger partial charge is 0.203 e. The first-order valence-electron chi connectivity index (χ1n) is 9.40. The Balaban J connectivity index is 1.64. The number of nitrogens with zero attached hydrogens (tertiary/aromatic N) is 2. The van der Waals surface area contributed by atoms with Crippen LogP contribution in [0.2, 0.25) is 0 Å². The predicted molar refractivity (Wildman–Crippen MR) is 110 cm³/mol. The van der Waals surface area contributed by atoms with Crippen LogP contribution in [0.5, 0.6) is 17.2 Å². The summed E-state index contributed by atoms with van der Waals surface area (Å²) >= 11 is 0. The van der Waals surface area contributed by atoms with Gasteiger partial charge in [0.05, 0.1) is 29.7 Å². The molecule has 2 heterocycles. The van der Waals surface area contributed by atoms with Gasteiger partial charge in [-0.1, -0.05) is 24.3 Å². The Bertz CT molecular complexity index is 1070. The lowest BCUT2D eigenvalue weighted by atomic mass is 10.1. The molecule has 4 rings (SSSR count). The normalized spacial score (nSPS) is 12.9. The molecule has 2 aromatic carbocycles. The molecule has 0 unspecified atom stereocenters. The van der Waals surface area contributed by atoms with E-state index in [0.717, 1.165) is 16.9 Å². The lowest BCUT2D eigenvalue weighted by molar-refractivity contribution is 0.104. The molecule has 0 fully saturated rings. The summed E-state index contributed by atoms with van der Waals surface area (Å²) < 4.78 is 18.5. The Hall–Kier alpha value is -3.54. The molecule has 0 spiro atoms. The zero-order valence-electron chi connectivity index (χ0n) is 16.6. The van der Waals surface area contributed by atoms with E-state index in [0.29, 0.717) is 41.7 Å². The van der Waals surface area contributed by atoms with Crippen molar-refractivity contribution in [1.29, 1.82) is 0 Å². The largest absolute Gasteiger partial charge is 0.493 e. The van der Waals surface area contributed by atoms with Crippen LogP contribution in [-0.4, -0.2) is 35.9 Å². The van der Waals surface area contributed by atoms with Crippen molar-refractivity contribution in [1.82, 2.24) is 9.78 Å². The van der Waals surface area contributed by atoms with E-state index in [1.807, 2.05) is 56.3 Å². The highest BCUT2D eigenvalue weighted by molar-refractivity contribution is 6.08. The van der Waals surface area contributed by atoms with Crippen LogP contribution in [0.4, 0.5) is 0 Å². The predicted octanol–water partition coefficient (Wildman–Crippen LogP) is 4.17. The van der Waals surface area contributed by atoms with Gasteiger partial charge in [-0.15, -0.1) is 0 Å². The summed E-state index contributed by atoms with van der Waals surface area (Å²) in [6.45, 7) is 4.72. The van der Waals surface area contributed by atoms with Gasteiger partial charge in [0.15, 0.2) is 17.3 Å². The fraction of sp³-hybridized carbons (Fsp3) is 0.217. The summed E-state index contributed by atoms with van der Waals surface area (Å²) in [5.41, 5.74) is 3.83. The van der Waals surface area contributed by atoms with E-state index in [1.54, 1.807) is 23.9 Å². The van der Waals surface area contributed by atoms with Gasteiger partial charge in [-0.25, -0.2) is 4.68 Å². The molecule has 6 nitrogen and oxygen atoms in total. The van der Waals surface area contributed by atoms with Crippen LogP contribution in [0.1, 0.15) is 27.3 Å². The van der Waals surface area contributed by atoms with Crippen LogP contribution >= 0.6 is 0 Å². The van der Waals surface area contributed by atoms with E-state index >= 15 is 0 Å². The third-order valence-electron chi connectivity index (χ3n) is 4.82. The summed E-state index contributed by atoms with van der Waals surface area (Å²) in [4.78, 5) is 12.9. The molecule has 29 heavy (non-hydrogen) atoms. The van der Waals surface area contributed by atoms with Crippen molar-refractivity contribution in [3.63, 3.8) is 0 Å². The minimum atomic E-state index is -0.101. The minimum Gasteiger partial charge on any atom is -0.493 e. The molecule has 1 aliphatic heterocycles. The molecule has 6 heteroatoms. The monoisotopic (exact) mass is 390 g/mol. The lowest BCUT2D eigenvalue weighted by Gasteiger charge is -2.20. The molecule has 0 saturated carbocycles. The van der Waals surface area contributed by atoms with Gasteiger partial charge in [-0.3, -0.25) is 4.79 Å². The third kappa shape index (κ3) is 3.61. The van der Waals surface area contributed by atoms with Crippen molar-refractivity contribution in [3.05, 3.63) is 71.1 Å². The van der Waals surface area contributed by atoms with E-state index in [2.05, 4.69) is 5.10 Å². The Morgan fingerprint density at radius 2 is 1.90 bits per heavy atom. The van der Waals surface area contributed by atoms with Crippen LogP contribution < -0.4 is 14.2 Å². The van der Waals surface area contributed by atoms with E-state index in [9.17, 15) is 4.79 Å². The van der Waals surface area contributed by atoms with Crippen LogP contribution in [0.3, 0.4) is 0 Å². The Morgan fingerprint density at radius 3 is 2.66 bits per heavy atom. The number of carbonyl (C=O) groups is 1. The number of rotatable bonds is 5. The van der Waals surface area contributed by atoms with E-state index in [1.165, 1.54) is 0 Å². The molecular formula is C23H22N2O4.